The number of rotatable bonds is 15. The van der Waals surface area contributed by atoms with Gasteiger partial charge in [0.25, 0.3) is 0 Å². The van der Waals surface area contributed by atoms with E-state index in [4.69, 9.17) is 5.73 Å². The number of unbranched alkanes of at least 4 members (excludes halogenated alkanes) is 1. The molecule has 9 heteroatoms. The number of nitrogens with one attached hydrogen (secondary N) is 4. The first-order valence-electron chi connectivity index (χ1n) is 11.0. The molecule has 0 heterocycles. The van der Waals surface area contributed by atoms with Gasteiger partial charge in [-0.2, -0.15) is 0 Å². The van der Waals surface area contributed by atoms with Crippen LogP contribution >= 0.6 is 0 Å². The molecule has 0 spiro atoms. The van der Waals surface area contributed by atoms with Gasteiger partial charge in [-0.3, -0.25) is 24.5 Å². The Hall–Kier alpha value is -1.84. The van der Waals surface area contributed by atoms with E-state index in [0.29, 0.717) is 12.8 Å². The average Bonchev–Trinajstić information content (AvgIpc) is 2.66. The first kappa shape index (κ1) is 29.2. The van der Waals surface area contributed by atoms with Crippen molar-refractivity contribution in [3.63, 3.8) is 0 Å². The lowest BCUT2D eigenvalue weighted by molar-refractivity contribution is -0.135. The number of Topliss-reactive ketones (excluding diaryl/α,β-unsaturated/α-hetero) is 2. The largest absolute Gasteiger partial charge is 0.347 e. The van der Waals surface area contributed by atoms with Crippen LogP contribution in [0.5, 0.6) is 0 Å². The van der Waals surface area contributed by atoms with E-state index in [2.05, 4.69) is 21.3 Å². The van der Waals surface area contributed by atoms with Gasteiger partial charge in [-0.25, -0.2) is 0 Å². The van der Waals surface area contributed by atoms with Crippen molar-refractivity contribution >= 4 is 23.4 Å². The Morgan fingerprint density at radius 1 is 1.00 bits per heavy atom. The van der Waals surface area contributed by atoms with Crippen LogP contribution in [0, 0.1) is 0 Å². The van der Waals surface area contributed by atoms with Gasteiger partial charge in [0.15, 0.2) is 5.78 Å². The summed E-state index contributed by atoms with van der Waals surface area (Å²) in [6, 6.07) is -0.637. The molecule has 0 aromatic carbocycles. The molecular weight excluding hydrogens is 398 g/mol. The van der Waals surface area contributed by atoms with Crippen LogP contribution < -0.4 is 27.0 Å². The third-order valence-electron chi connectivity index (χ3n) is 5.59. The zero-order valence-electron chi connectivity index (χ0n) is 20.5. The summed E-state index contributed by atoms with van der Waals surface area (Å²) in [7, 11) is 1.87. The van der Waals surface area contributed by atoms with Gasteiger partial charge in [0.2, 0.25) is 11.8 Å². The monoisotopic (exact) mass is 441 g/mol. The highest BCUT2D eigenvalue weighted by molar-refractivity contribution is 5.96. The molecule has 180 valence electrons. The lowest BCUT2D eigenvalue weighted by atomic mass is 9.91. The van der Waals surface area contributed by atoms with Crippen molar-refractivity contribution in [1.82, 2.24) is 21.3 Å². The lowest BCUT2D eigenvalue weighted by Gasteiger charge is -2.34. The fourth-order valence-electron chi connectivity index (χ4n) is 2.82. The zero-order chi connectivity index (χ0) is 24.5. The van der Waals surface area contributed by atoms with Crippen molar-refractivity contribution in [3.05, 3.63) is 0 Å². The summed E-state index contributed by atoms with van der Waals surface area (Å²) >= 11 is 0. The highest BCUT2D eigenvalue weighted by Gasteiger charge is 2.36. The van der Waals surface area contributed by atoms with Crippen molar-refractivity contribution in [2.75, 3.05) is 20.1 Å². The number of amides is 2. The van der Waals surface area contributed by atoms with Gasteiger partial charge < -0.3 is 21.7 Å². The van der Waals surface area contributed by atoms with Gasteiger partial charge >= 0.3 is 0 Å². The van der Waals surface area contributed by atoms with E-state index in [1.165, 1.54) is 6.92 Å². The second kappa shape index (κ2) is 12.3. The Bertz CT molecular complexity index is 642. The Kier molecular flexibility index (Phi) is 11.5. The summed E-state index contributed by atoms with van der Waals surface area (Å²) in [5.74, 6) is -1.22. The molecule has 0 aliphatic rings. The molecule has 0 rings (SSSR count). The van der Waals surface area contributed by atoms with Crippen LogP contribution in [0.25, 0.3) is 0 Å². The van der Waals surface area contributed by atoms with Crippen molar-refractivity contribution in [1.29, 1.82) is 0 Å². The van der Waals surface area contributed by atoms with Crippen LogP contribution in [0.15, 0.2) is 0 Å². The highest BCUT2D eigenvalue weighted by atomic mass is 16.2. The molecule has 31 heavy (non-hydrogen) atoms. The molecule has 2 unspecified atom stereocenters. The number of nitrogens with two attached hydrogens (primary N) is 1. The van der Waals surface area contributed by atoms with Gasteiger partial charge in [-0.1, -0.05) is 13.3 Å². The number of carbonyl (C=O) groups excluding carboxylic acids is 4. The third kappa shape index (κ3) is 9.88. The minimum atomic E-state index is -1.25. The minimum Gasteiger partial charge on any atom is -0.347 e. The Balaban J connectivity index is 5.28. The summed E-state index contributed by atoms with van der Waals surface area (Å²) in [6.07, 6.45) is 2.71. The SMILES string of the molecule is CCC(C)(NC(CCCCNC)C(=O)NC(C)(C)C(=O)NCC(=O)C(C)(C)N)C(C)=O. The molecule has 0 saturated heterocycles. The van der Waals surface area contributed by atoms with E-state index in [1.807, 2.05) is 14.0 Å². The second-order valence-corrected chi connectivity index (χ2v) is 9.48. The average molecular weight is 442 g/mol. The molecule has 0 radical (unpaired) electrons. The summed E-state index contributed by atoms with van der Waals surface area (Å²) in [5, 5.41) is 11.6. The minimum absolute atomic E-state index is 0.0528. The fourth-order valence-corrected chi connectivity index (χ4v) is 2.82. The van der Waals surface area contributed by atoms with Crippen molar-refractivity contribution in [2.24, 2.45) is 5.73 Å². The van der Waals surface area contributed by atoms with E-state index in [1.54, 1.807) is 34.6 Å². The number of hydrogen-bond acceptors (Lipinski definition) is 7. The Labute approximate surface area is 187 Å². The third-order valence-corrected chi connectivity index (χ3v) is 5.59. The topological polar surface area (TPSA) is 142 Å². The number of carbonyl (C=O) groups is 4. The Morgan fingerprint density at radius 2 is 1.58 bits per heavy atom. The summed E-state index contributed by atoms with van der Waals surface area (Å²) < 4.78 is 0. The van der Waals surface area contributed by atoms with Gasteiger partial charge in [-0.05, 0) is 74.4 Å². The smallest absolute Gasteiger partial charge is 0.245 e. The molecule has 0 bridgehead atoms. The normalized spacial score (nSPS) is 15.0. The van der Waals surface area contributed by atoms with Crippen molar-refractivity contribution in [3.8, 4) is 0 Å². The molecule has 0 aliphatic heterocycles. The van der Waals surface area contributed by atoms with Crippen molar-refractivity contribution in [2.45, 2.75) is 96.8 Å². The van der Waals surface area contributed by atoms with Crippen LogP contribution in [0.2, 0.25) is 0 Å². The molecule has 2 amide bonds. The van der Waals surface area contributed by atoms with Crippen LogP contribution in [0.1, 0.15) is 74.1 Å². The van der Waals surface area contributed by atoms with Crippen molar-refractivity contribution < 1.29 is 19.2 Å². The molecule has 0 saturated carbocycles. The van der Waals surface area contributed by atoms with Gasteiger partial charge in [0.1, 0.15) is 11.3 Å². The van der Waals surface area contributed by atoms with Crippen LogP contribution in [-0.4, -0.2) is 66.2 Å². The maximum atomic E-state index is 13.1. The standard InChI is InChI=1S/C22H43N5O4/c1-9-22(7,15(2)28)26-16(12-10-11-13-24-8)18(30)27-21(5,6)19(31)25-14-17(29)20(3,4)23/h16,24,26H,9-14,23H2,1-8H3,(H,25,31)(H,27,30). The molecule has 0 aromatic rings. The van der Waals surface area contributed by atoms with E-state index >= 15 is 0 Å². The summed E-state index contributed by atoms with van der Waals surface area (Å²) in [5.41, 5.74) is 2.61. The molecule has 2 atom stereocenters. The fraction of sp³-hybridized carbons (Fsp3) is 0.818. The highest BCUT2D eigenvalue weighted by Crippen LogP contribution is 2.15. The van der Waals surface area contributed by atoms with E-state index in [0.717, 1.165) is 19.4 Å². The summed E-state index contributed by atoms with van der Waals surface area (Å²) in [6.45, 7) is 12.0. The molecule has 0 aromatic heterocycles. The van der Waals surface area contributed by atoms with E-state index < -0.39 is 28.6 Å². The molecule has 6 N–H and O–H groups in total. The summed E-state index contributed by atoms with van der Waals surface area (Å²) in [4.78, 5) is 49.8. The van der Waals surface area contributed by atoms with Crippen LogP contribution in [0.3, 0.4) is 0 Å². The van der Waals surface area contributed by atoms with Gasteiger partial charge in [-0.15, -0.1) is 0 Å². The maximum absolute atomic E-state index is 13.1. The second-order valence-electron chi connectivity index (χ2n) is 9.48. The molecule has 9 nitrogen and oxygen atoms in total. The molecule has 0 aliphatic carbocycles. The van der Waals surface area contributed by atoms with Crippen LogP contribution in [-0.2, 0) is 19.2 Å². The van der Waals surface area contributed by atoms with Gasteiger partial charge in [0.05, 0.1) is 23.7 Å². The zero-order valence-corrected chi connectivity index (χ0v) is 20.5. The molecule has 0 fully saturated rings. The Morgan fingerprint density at radius 3 is 2.03 bits per heavy atom. The quantitative estimate of drug-likeness (QED) is 0.232. The van der Waals surface area contributed by atoms with E-state index in [-0.39, 0.29) is 24.0 Å². The first-order valence-corrected chi connectivity index (χ1v) is 11.0. The van der Waals surface area contributed by atoms with Crippen LogP contribution in [0.4, 0.5) is 0 Å². The predicted octanol–water partition coefficient (Wildman–Crippen LogP) is 0.409. The maximum Gasteiger partial charge on any atom is 0.245 e. The lowest BCUT2D eigenvalue weighted by Crippen LogP contribution is -2.62. The van der Waals surface area contributed by atoms with Gasteiger partial charge in [0, 0.05) is 0 Å². The first-order chi connectivity index (χ1) is 14.1. The predicted molar refractivity (Wildman–Crippen MR) is 123 cm³/mol. The molecular formula is C22H43N5O4. The number of hydrogen-bond donors (Lipinski definition) is 5. The number of ketones is 2. The van der Waals surface area contributed by atoms with E-state index in [9.17, 15) is 19.2 Å².